The molecule has 4 nitrogen and oxygen atoms in total. The van der Waals surface area contributed by atoms with Gasteiger partial charge in [-0.05, 0) is 38.1 Å². The van der Waals surface area contributed by atoms with Crippen LogP contribution in [0.1, 0.15) is 13.8 Å². The molecule has 0 saturated carbocycles. The van der Waals surface area contributed by atoms with Gasteiger partial charge in [-0.25, -0.2) is 5.43 Å². The Morgan fingerprint density at radius 2 is 2.00 bits per heavy atom. The Morgan fingerprint density at radius 3 is 2.56 bits per heavy atom. The SMILES string of the molecule is CC(C)=NNC(=O)COc1ccc(Cl)cc1. The molecule has 0 aliphatic heterocycles. The van der Waals surface area contributed by atoms with E-state index in [1.807, 2.05) is 0 Å². The first-order valence-corrected chi connectivity index (χ1v) is 5.14. The molecule has 0 aliphatic rings. The lowest BCUT2D eigenvalue weighted by Gasteiger charge is -2.04. The third-order valence-electron chi connectivity index (χ3n) is 1.59. The summed E-state index contributed by atoms with van der Waals surface area (Å²) in [5.74, 6) is 0.299. The number of halogens is 1. The molecule has 86 valence electrons. The van der Waals surface area contributed by atoms with Gasteiger partial charge >= 0.3 is 0 Å². The van der Waals surface area contributed by atoms with Gasteiger partial charge in [0.2, 0.25) is 0 Å². The molecule has 0 atom stereocenters. The minimum absolute atomic E-state index is 0.0710. The van der Waals surface area contributed by atoms with Crippen LogP contribution in [0, 0.1) is 0 Å². The predicted molar refractivity (Wildman–Crippen MR) is 63.9 cm³/mol. The highest BCUT2D eigenvalue weighted by atomic mass is 35.5. The third kappa shape index (κ3) is 4.79. The Labute approximate surface area is 99.2 Å². The van der Waals surface area contributed by atoms with E-state index in [9.17, 15) is 4.79 Å². The Morgan fingerprint density at radius 1 is 1.38 bits per heavy atom. The third-order valence-corrected chi connectivity index (χ3v) is 1.84. The van der Waals surface area contributed by atoms with Crippen molar-refractivity contribution in [2.45, 2.75) is 13.8 Å². The van der Waals surface area contributed by atoms with Gasteiger partial charge in [-0.3, -0.25) is 4.79 Å². The molecule has 0 radical (unpaired) electrons. The fraction of sp³-hybridized carbons (Fsp3) is 0.273. The first-order valence-electron chi connectivity index (χ1n) is 4.76. The highest BCUT2D eigenvalue weighted by Gasteiger charge is 2.01. The zero-order chi connectivity index (χ0) is 12.0. The second kappa shape index (κ2) is 6.12. The predicted octanol–water partition coefficient (Wildman–Crippen LogP) is 2.23. The molecule has 0 saturated heterocycles. The van der Waals surface area contributed by atoms with Crippen LogP contribution in [0.5, 0.6) is 5.75 Å². The van der Waals surface area contributed by atoms with E-state index in [0.29, 0.717) is 10.8 Å². The van der Waals surface area contributed by atoms with E-state index in [1.54, 1.807) is 38.1 Å². The van der Waals surface area contributed by atoms with Gasteiger partial charge in [0.1, 0.15) is 5.75 Å². The summed E-state index contributed by atoms with van der Waals surface area (Å²) in [4.78, 5) is 11.2. The van der Waals surface area contributed by atoms with Crippen LogP contribution in [0.2, 0.25) is 5.02 Å². The average molecular weight is 241 g/mol. The van der Waals surface area contributed by atoms with E-state index in [2.05, 4.69) is 10.5 Å². The molecular formula is C11H13ClN2O2. The number of benzene rings is 1. The molecule has 0 heterocycles. The van der Waals surface area contributed by atoms with Crippen LogP contribution in [0.3, 0.4) is 0 Å². The van der Waals surface area contributed by atoms with E-state index >= 15 is 0 Å². The lowest BCUT2D eigenvalue weighted by molar-refractivity contribution is -0.123. The van der Waals surface area contributed by atoms with Crippen molar-refractivity contribution < 1.29 is 9.53 Å². The summed E-state index contributed by atoms with van der Waals surface area (Å²) in [6, 6.07) is 6.79. The number of hydrazone groups is 1. The topological polar surface area (TPSA) is 50.7 Å². The van der Waals surface area contributed by atoms with Gasteiger partial charge in [0, 0.05) is 10.7 Å². The molecule has 5 heteroatoms. The van der Waals surface area contributed by atoms with Crippen LogP contribution in [0.4, 0.5) is 0 Å². The maximum atomic E-state index is 11.2. The number of carbonyl (C=O) groups is 1. The molecule has 0 fully saturated rings. The van der Waals surface area contributed by atoms with Gasteiger partial charge in [-0.15, -0.1) is 0 Å². The van der Waals surface area contributed by atoms with Crippen LogP contribution in [-0.2, 0) is 4.79 Å². The summed E-state index contributed by atoms with van der Waals surface area (Å²) in [6.07, 6.45) is 0. The van der Waals surface area contributed by atoms with Crippen molar-refractivity contribution in [3.63, 3.8) is 0 Å². The molecule has 1 N–H and O–H groups in total. The first kappa shape index (κ1) is 12.5. The standard InChI is InChI=1S/C11H13ClN2O2/c1-8(2)13-14-11(15)7-16-10-5-3-9(12)4-6-10/h3-6H,7H2,1-2H3,(H,14,15). The summed E-state index contributed by atoms with van der Waals surface area (Å²) in [5, 5.41) is 4.39. The highest BCUT2D eigenvalue weighted by molar-refractivity contribution is 6.30. The Balaban J connectivity index is 2.37. The van der Waals surface area contributed by atoms with E-state index < -0.39 is 0 Å². The summed E-state index contributed by atoms with van der Waals surface area (Å²) in [6.45, 7) is 3.51. The van der Waals surface area contributed by atoms with Crippen molar-refractivity contribution in [3.05, 3.63) is 29.3 Å². The molecule has 0 bridgehead atoms. The van der Waals surface area contributed by atoms with Crippen LogP contribution in [-0.4, -0.2) is 18.2 Å². The second-order valence-electron chi connectivity index (χ2n) is 3.34. The lowest BCUT2D eigenvalue weighted by Crippen LogP contribution is -2.25. The summed E-state index contributed by atoms with van der Waals surface area (Å²) in [7, 11) is 0. The molecule has 1 aromatic carbocycles. The molecule has 16 heavy (non-hydrogen) atoms. The van der Waals surface area contributed by atoms with Crippen molar-refractivity contribution in [1.29, 1.82) is 0 Å². The average Bonchev–Trinajstić information content (AvgIpc) is 2.25. The maximum Gasteiger partial charge on any atom is 0.277 e. The largest absolute Gasteiger partial charge is 0.484 e. The second-order valence-corrected chi connectivity index (χ2v) is 3.77. The van der Waals surface area contributed by atoms with Gasteiger partial charge in [0.25, 0.3) is 5.91 Å². The molecule has 1 amide bonds. The van der Waals surface area contributed by atoms with Crippen molar-refractivity contribution in [3.8, 4) is 5.75 Å². The summed E-state index contributed by atoms with van der Waals surface area (Å²) in [5.41, 5.74) is 3.14. The molecule has 1 rings (SSSR count). The van der Waals surface area contributed by atoms with Gasteiger partial charge in [0.15, 0.2) is 6.61 Å². The quantitative estimate of drug-likeness (QED) is 0.648. The van der Waals surface area contributed by atoms with E-state index in [-0.39, 0.29) is 12.5 Å². The number of amides is 1. The van der Waals surface area contributed by atoms with Crippen molar-refractivity contribution in [2.75, 3.05) is 6.61 Å². The van der Waals surface area contributed by atoms with Gasteiger partial charge in [-0.2, -0.15) is 5.10 Å². The van der Waals surface area contributed by atoms with Crippen molar-refractivity contribution in [1.82, 2.24) is 5.43 Å². The number of carbonyl (C=O) groups excluding carboxylic acids is 1. The van der Waals surface area contributed by atoms with E-state index in [4.69, 9.17) is 16.3 Å². The number of nitrogens with one attached hydrogen (secondary N) is 1. The van der Waals surface area contributed by atoms with Gasteiger partial charge in [-0.1, -0.05) is 11.6 Å². The number of hydrogen-bond donors (Lipinski definition) is 1. The maximum absolute atomic E-state index is 11.2. The lowest BCUT2D eigenvalue weighted by atomic mass is 10.3. The van der Waals surface area contributed by atoms with Crippen LogP contribution < -0.4 is 10.2 Å². The van der Waals surface area contributed by atoms with Crippen molar-refractivity contribution in [2.24, 2.45) is 5.10 Å². The Kier molecular flexibility index (Phi) is 4.79. The Hall–Kier alpha value is -1.55. The zero-order valence-corrected chi connectivity index (χ0v) is 9.91. The molecular weight excluding hydrogens is 228 g/mol. The summed E-state index contributed by atoms with van der Waals surface area (Å²) < 4.78 is 5.22. The monoisotopic (exact) mass is 240 g/mol. The first-order chi connectivity index (χ1) is 7.58. The van der Waals surface area contributed by atoms with E-state index in [1.165, 1.54) is 0 Å². The van der Waals surface area contributed by atoms with Crippen LogP contribution >= 0.6 is 11.6 Å². The molecule has 0 unspecified atom stereocenters. The van der Waals surface area contributed by atoms with Crippen molar-refractivity contribution >= 4 is 23.2 Å². The minimum Gasteiger partial charge on any atom is -0.484 e. The molecule has 0 spiro atoms. The fourth-order valence-corrected chi connectivity index (χ4v) is 1.01. The number of ether oxygens (including phenoxy) is 1. The highest BCUT2D eigenvalue weighted by Crippen LogP contribution is 2.15. The molecule has 0 aromatic heterocycles. The fourth-order valence-electron chi connectivity index (χ4n) is 0.886. The smallest absolute Gasteiger partial charge is 0.277 e. The van der Waals surface area contributed by atoms with Gasteiger partial charge in [0.05, 0.1) is 0 Å². The minimum atomic E-state index is -0.295. The van der Waals surface area contributed by atoms with Crippen LogP contribution in [0.25, 0.3) is 0 Å². The number of hydrogen-bond acceptors (Lipinski definition) is 3. The normalized spacial score (nSPS) is 9.44. The Bertz CT molecular complexity index is 383. The summed E-state index contributed by atoms with van der Waals surface area (Å²) >= 11 is 5.71. The number of nitrogens with zero attached hydrogens (tertiary/aromatic N) is 1. The van der Waals surface area contributed by atoms with E-state index in [0.717, 1.165) is 5.71 Å². The van der Waals surface area contributed by atoms with Crippen LogP contribution in [0.15, 0.2) is 29.4 Å². The zero-order valence-electron chi connectivity index (χ0n) is 9.16. The number of rotatable bonds is 4. The molecule has 1 aromatic rings. The van der Waals surface area contributed by atoms with Gasteiger partial charge < -0.3 is 4.74 Å². The molecule has 0 aliphatic carbocycles.